The number of aryl methyl sites for hydroxylation is 1. The van der Waals surface area contributed by atoms with Crippen LogP contribution in [0, 0.1) is 5.41 Å². The van der Waals surface area contributed by atoms with Gasteiger partial charge in [0.15, 0.2) is 0 Å². The van der Waals surface area contributed by atoms with Crippen molar-refractivity contribution in [3.63, 3.8) is 0 Å². The highest BCUT2D eigenvalue weighted by atomic mass is 16.1. The third kappa shape index (κ3) is 3.22. The molecule has 1 aliphatic rings. The number of Topliss-reactive ketones (excluding diaryl/α,β-unsaturated/α-hetero) is 1. The van der Waals surface area contributed by atoms with Crippen LogP contribution in [0.3, 0.4) is 0 Å². The Morgan fingerprint density at radius 2 is 2.00 bits per heavy atom. The number of ketones is 1. The van der Waals surface area contributed by atoms with Crippen molar-refractivity contribution in [2.75, 3.05) is 0 Å². The zero-order chi connectivity index (χ0) is 13.2. The molecule has 0 spiro atoms. The van der Waals surface area contributed by atoms with Gasteiger partial charge in [-0.3, -0.25) is 4.79 Å². The van der Waals surface area contributed by atoms with Crippen molar-refractivity contribution in [1.82, 2.24) is 0 Å². The molecule has 1 heteroatoms. The number of carbonyl (C=O) groups excluding carboxylic acids is 1. The summed E-state index contributed by atoms with van der Waals surface area (Å²) in [6.07, 6.45) is 5.05. The normalized spacial score (nSPS) is 19.4. The Bertz CT molecular complexity index is 425. The Kier molecular flexibility index (Phi) is 3.89. The first-order chi connectivity index (χ1) is 8.47. The van der Waals surface area contributed by atoms with Crippen molar-refractivity contribution >= 4 is 5.78 Å². The molecule has 1 aliphatic carbocycles. The van der Waals surface area contributed by atoms with Gasteiger partial charge < -0.3 is 0 Å². The lowest BCUT2D eigenvalue weighted by Crippen LogP contribution is -2.20. The number of benzene rings is 1. The van der Waals surface area contributed by atoms with Crippen LogP contribution in [0.4, 0.5) is 0 Å². The SMILES string of the molecule is CC(C)(C)CCC(=O)C1CCCc2ccccc21. The molecule has 0 saturated carbocycles. The molecular weight excluding hydrogens is 220 g/mol. The van der Waals surface area contributed by atoms with Crippen LogP contribution in [0.1, 0.15) is 63.5 Å². The lowest BCUT2D eigenvalue weighted by molar-refractivity contribution is -0.121. The topological polar surface area (TPSA) is 17.1 Å². The summed E-state index contributed by atoms with van der Waals surface area (Å²) in [6.45, 7) is 6.61. The zero-order valence-corrected chi connectivity index (χ0v) is 11.8. The molecule has 18 heavy (non-hydrogen) atoms. The Morgan fingerprint density at radius 3 is 2.72 bits per heavy atom. The molecule has 98 valence electrons. The van der Waals surface area contributed by atoms with Gasteiger partial charge in [0, 0.05) is 12.3 Å². The van der Waals surface area contributed by atoms with Crippen LogP contribution in [0.5, 0.6) is 0 Å². The first-order valence-electron chi connectivity index (χ1n) is 7.08. The van der Waals surface area contributed by atoms with Crippen LogP contribution in [0.2, 0.25) is 0 Å². The van der Waals surface area contributed by atoms with E-state index in [1.807, 2.05) is 0 Å². The summed E-state index contributed by atoms with van der Waals surface area (Å²) >= 11 is 0. The minimum absolute atomic E-state index is 0.164. The molecule has 0 heterocycles. The summed E-state index contributed by atoms with van der Waals surface area (Å²) in [5, 5.41) is 0. The number of hydrogen-bond acceptors (Lipinski definition) is 1. The number of rotatable bonds is 3. The standard InChI is InChI=1S/C17H24O/c1-17(2,3)12-11-16(18)15-10-6-8-13-7-4-5-9-14(13)15/h4-5,7,9,15H,6,8,10-12H2,1-3H3. The summed E-state index contributed by atoms with van der Waals surface area (Å²) in [5.74, 6) is 0.606. The van der Waals surface area contributed by atoms with Gasteiger partial charge in [0.25, 0.3) is 0 Å². The molecule has 0 aromatic heterocycles. The van der Waals surface area contributed by atoms with Crippen LogP contribution in [-0.4, -0.2) is 5.78 Å². The number of carbonyl (C=O) groups is 1. The highest BCUT2D eigenvalue weighted by molar-refractivity contribution is 5.86. The summed E-state index contributed by atoms with van der Waals surface area (Å²) in [4.78, 5) is 12.4. The highest BCUT2D eigenvalue weighted by Crippen LogP contribution is 2.34. The van der Waals surface area contributed by atoms with Gasteiger partial charge in [0.1, 0.15) is 5.78 Å². The first-order valence-corrected chi connectivity index (χ1v) is 7.08. The maximum Gasteiger partial charge on any atom is 0.140 e. The van der Waals surface area contributed by atoms with E-state index < -0.39 is 0 Å². The van der Waals surface area contributed by atoms with E-state index in [0.29, 0.717) is 5.78 Å². The van der Waals surface area contributed by atoms with Crippen molar-refractivity contribution in [3.8, 4) is 0 Å². The van der Waals surface area contributed by atoms with Crippen LogP contribution < -0.4 is 0 Å². The number of hydrogen-bond donors (Lipinski definition) is 0. The number of fused-ring (bicyclic) bond motifs is 1. The van der Waals surface area contributed by atoms with E-state index in [1.165, 1.54) is 11.1 Å². The predicted molar refractivity (Wildman–Crippen MR) is 75.8 cm³/mol. The summed E-state index contributed by atoms with van der Waals surface area (Å²) in [5.41, 5.74) is 2.93. The lowest BCUT2D eigenvalue weighted by atomic mass is 9.78. The molecule has 2 rings (SSSR count). The van der Waals surface area contributed by atoms with E-state index in [-0.39, 0.29) is 11.3 Å². The molecule has 0 fully saturated rings. The molecule has 0 radical (unpaired) electrons. The van der Waals surface area contributed by atoms with Crippen LogP contribution in [0.25, 0.3) is 0 Å². The minimum atomic E-state index is 0.164. The Morgan fingerprint density at radius 1 is 1.28 bits per heavy atom. The fourth-order valence-corrected chi connectivity index (χ4v) is 2.76. The average molecular weight is 244 g/mol. The highest BCUT2D eigenvalue weighted by Gasteiger charge is 2.26. The molecule has 0 saturated heterocycles. The van der Waals surface area contributed by atoms with Crippen LogP contribution in [-0.2, 0) is 11.2 Å². The van der Waals surface area contributed by atoms with E-state index in [0.717, 1.165) is 32.1 Å². The molecule has 1 atom stereocenters. The molecule has 1 unspecified atom stereocenters. The fourth-order valence-electron chi connectivity index (χ4n) is 2.76. The smallest absolute Gasteiger partial charge is 0.140 e. The first kappa shape index (κ1) is 13.3. The molecule has 0 aliphatic heterocycles. The molecule has 0 bridgehead atoms. The van der Waals surface area contributed by atoms with Gasteiger partial charge in [-0.15, -0.1) is 0 Å². The minimum Gasteiger partial charge on any atom is -0.299 e. The Labute approximate surface area is 111 Å². The van der Waals surface area contributed by atoms with Gasteiger partial charge >= 0.3 is 0 Å². The average Bonchev–Trinajstić information content (AvgIpc) is 2.34. The van der Waals surface area contributed by atoms with Crippen molar-refractivity contribution in [2.45, 2.75) is 58.8 Å². The van der Waals surface area contributed by atoms with Gasteiger partial charge in [-0.05, 0) is 42.2 Å². The van der Waals surface area contributed by atoms with Gasteiger partial charge in [-0.1, -0.05) is 45.0 Å². The van der Waals surface area contributed by atoms with Crippen molar-refractivity contribution in [1.29, 1.82) is 0 Å². The largest absolute Gasteiger partial charge is 0.299 e. The third-order valence-electron chi connectivity index (χ3n) is 3.88. The molecule has 0 amide bonds. The van der Waals surface area contributed by atoms with Crippen molar-refractivity contribution in [3.05, 3.63) is 35.4 Å². The van der Waals surface area contributed by atoms with Crippen LogP contribution >= 0.6 is 0 Å². The molecule has 1 aromatic rings. The Balaban J connectivity index is 2.08. The van der Waals surface area contributed by atoms with Gasteiger partial charge in [0.2, 0.25) is 0 Å². The molecule has 1 aromatic carbocycles. The lowest BCUT2D eigenvalue weighted by Gasteiger charge is -2.25. The maximum atomic E-state index is 12.4. The fraction of sp³-hybridized carbons (Fsp3) is 0.588. The molecule has 1 nitrogen and oxygen atoms in total. The maximum absolute atomic E-state index is 12.4. The van der Waals surface area contributed by atoms with Gasteiger partial charge in [-0.25, -0.2) is 0 Å². The van der Waals surface area contributed by atoms with E-state index in [4.69, 9.17) is 0 Å². The second-order valence-corrected chi connectivity index (χ2v) is 6.67. The molecule has 0 N–H and O–H groups in total. The molecular formula is C17H24O. The quantitative estimate of drug-likeness (QED) is 0.765. The van der Waals surface area contributed by atoms with E-state index in [1.54, 1.807) is 0 Å². The van der Waals surface area contributed by atoms with Crippen molar-refractivity contribution in [2.24, 2.45) is 5.41 Å². The van der Waals surface area contributed by atoms with E-state index >= 15 is 0 Å². The van der Waals surface area contributed by atoms with Crippen molar-refractivity contribution < 1.29 is 4.79 Å². The monoisotopic (exact) mass is 244 g/mol. The zero-order valence-electron chi connectivity index (χ0n) is 11.8. The van der Waals surface area contributed by atoms with E-state index in [2.05, 4.69) is 45.0 Å². The predicted octanol–water partition coefficient (Wildman–Crippen LogP) is 4.50. The summed E-state index contributed by atoms with van der Waals surface area (Å²) in [7, 11) is 0. The second-order valence-electron chi connectivity index (χ2n) is 6.67. The summed E-state index contributed by atoms with van der Waals surface area (Å²) in [6, 6.07) is 8.47. The Hall–Kier alpha value is -1.11. The van der Waals surface area contributed by atoms with Crippen LogP contribution in [0.15, 0.2) is 24.3 Å². The third-order valence-corrected chi connectivity index (χ3v) is 3.88. The summed E-state index contributed by atoms with van der Waals surface area (Å²) < 4.78 is 0. The van der Waals surface area contributed by atoms with Gasteiger partial charge in [-0.2, -0.15) is 0 Å². The van der Waals surface area contributed by atoms with E-state index in [9.17, 15) is 4.79 Å². The van der Waals surface area contributed by atoms with Gasteiger partial charge in [0.05, 0.1) is 0 Å². The second kappa shape index (κ2) is 5.26.